The molecule has 28 heavy (non-hydrogen) atoms. The van der Waals surface area contributed by atoms with Crippen LogP contribution < -0.4 is 16.0 Å². The number of nitrogens with zero attached hydrogens (tertiary/aromatic N) is 1. The molecule has 7 heteroatoms. The average molecular weight is 382 g/mol. The third kappa shape index (κ3) is 6.37. The van der Waals surface area contributed by atoms with Crippen molar-refractivity contribution in [2.24, 2.45) is 0 Å². The molecule has 0 unspecified atom stereocenters. The second kappa shape index (κ2) is 10.4. The van der Waals surface area contributed by atoms with Gasteiger partial charge in [0.2, 0.25) is 0 Å². The van der Waals surface area contributed by atoms with Crippen LogP contribution in [0.4, 0.5) is 17.1 Å². The van der Waals surface area contributed by atoms with E-state index in [-0.39, 0.29) is 0 Å². The summed E-state index contributed by atoms with van der Waals surface area (Å²) in [5.41, 5.74) is 2.46. The molecule has 1 saturated heterocycles. The first-order valence-corrected chi connectivity index (χ1v) is 9.52. The van der Waals surface area contributed by atoms with E-state index in [1.165, 1.54) is 0 Å². The number of morpholine rings is 1. The maximum Gasteiger partial charge on any atom is 0.313 e. The van der Waals surface area contributed by atoms with Gasteiger partial charge >= 0.3 is 11.8 Å². The van der Waals surface area contributed by atoms with Crippen LogP contribution in [-0.2, 0) is 14.3 Å². The Balaban J connectivity index is 1.37. The predicted octanol–water partition coefficient (Wildman–Crippen LogP) is 2.21. The van der Waals surface area contributed by atoms with E-state index in [0.717, 1.165) is 50.6 Å². The van der Waals surface area contributed by atoms with Crippen LogP contribution in [0.2, 0.25) is 0 Å². The van der Waals surface area contributed by atoms with Crippen LogP contribution >= 0.6 is 0 Å². The fourth-order valence-corrected chi connectivity index (χ4v) is 2.92. The summed E-state index contributed by atoms with van der Waals surface area (Å²) in [6.07, 6.45) is 0.804. The molecule has 2 aromatic carbocycles. The van der Waals surface area contributed by atoms with Gasteiger partial charge in [0.05, 0.1) is 13.2 Å². The van der Waals surface area contributed by atoms with Crippen molar-refractivity contribution in [3.05, 3.63) is 54.6 Å². The summed E-state index contributed by atoms with van der Waals surface area (Å²) in [6, 6.07) is 17.0. The van der Waals surface area contributed by atoms with Gasteiger partial charge in [-0.1, -0.05) is 18.2 Å². The quantitative estimate of drug-likeness (QED) is 0.505. The molecule has 0 aliphatic carbocycles. The Morgan fingerprint density at radius 3 is 2.21 bits per heavy atom. The van der Waals surface area contributed by atoms with Gasteiger partial charge in [-0.3, -0.25) is 14.5 Å². The van der Waals surface area contributed by atoms with E-state index in [1.54, 1.807) is 12.1 Å². The van der Waals surface area contributed by atoms with Gasteiger partial charge in [0, 0.05) is 36.7 Å². The molecule has 1 heterocycles. The number of hydrogen-bond acceptors (Lipinski definition) is 5. The lowest BCUT2D eigenvalue weighted by atomic mass is 10.2. The van der Waals surface area contributed by atoms with Crippen LogP contribution in [0.1, 0.15) is 6.42 Å². The SMILES string of the molecule is O=C(NCCCN1CCOCC1)C(=O)Nc1ccc(Nc2ccccc2)cc1. The molecular formula is C21H26N4O3. The zero-order valence-corrected chi connectivity index (χ0v) is 15.8. The fraction of sp³-hybridized carbons (Fsp3) is 0.333. The average Bonchev–Trinajstić information content (AvgIpc) is 2.74. The Bertz CT molecular complexity index is 759. The number of nitrogens with one attached hydrogen (secondary N) is 3. The van der Waals surface area contributed by atoms with E-state index in [2.05, 4.69) is 20.9 Å². The van der Waals surface area contributed by atoms with Crippen molar-refractivity contribution in [3.63, 3.8) is 0 Å². The Labute approximate surface area is 165 Å². The van der Waals surface area contributed by atoms with Crippen molar-refractivity contribution < 1.29 is 14.3 Å². The molecule has 0 bridgehead atoms. The molecule has 148 valence electrons. The van der Waals surface area contributed by atoms with Gasteiger partial charge in [-0.15, -0.1) is 0 Å². The van der Waals surface area contributed by atoms with E-state index in [9.17, 15) is 9.59 Å². The van der Waals surface area contributed by atoms with E-state index in [0.29, 0.717) is 12.2 Å². The van der Waals surface area contributed by atoms with Crippen LogP contribution in [0, 0.1) is 0 Å². The Kier molecular flexibility index (Phi) is 7.40. The summed E-state index contributed by atoms with van der Waals surface area (Å²) in [7, 11) is 0. The molecule has 0 aromatic heterocycles. The van der Waals surface area contributed by atoms with E-state index >= 15 is 0 Å². The number of carbonyl (C=O) groups is 2. The van der Waals surface area contributed by atoms with Crippen molar-refractivity contribution >= 4 is 28.9 Å². The molecule has 3 N–H and O–H groups in total. The topological polar surface area (TPSA) is 82.7 Å². The van der Waals surface area contributed by atoms with Crippen molar-refractivity contribution in [2.45, 2.75) is 6.42 Å². The largest absolute Gasteiger partial charge is 0.379 e. The minimum Gasteiger partial charge on any atom is -0.379 e. The summed E-state index contributed by atoms with van der Waals surface area (Å²) in [5, 5.41) is 8.55. The number of hydrogen-bond donors (Lipinski definition) is 3. The summed E-state index contributed by atoms with van der Waals surface area (Å²) in [5.74, 6) is -1.27. The standard InChI is InChI=1S/C21H26N4O3/c26-20(22-11-4-12-25-13-15-28-16-14-25)21(27)24-19-9-7-18(8-10-19)23-17-5-2-1-3-6-17/h1-3,5-10,23H,4,11-16H2,(H,22,26)(H,24,27). The Morgan fingerprint density at radius 1 is 0.857 bits per heavy atom. The molecule has 7 nitrogen and oxygen atoms in total. The number of carbonyl (C=O) groups excluding carboxylic acids is 2. The third-order valence-corrected chi connectivity index (χ3v) is 4.45. The monoisotopic (exact) mass is 382 g/mol. The molecule has 0 atom stereocenters. The van der Waals surface area contributed by atoms with E-state index in [1.807, 2.05) is 42.5 Å². The smallest absolute Gasteiger partial charge is 0.313 e. The van der Waals surface area contributed by atoms with Gasteiger partial charge in [-0.2, -0.15) is 0 Å². The van der Waals surface area contributed by atoms with Crippen LogP contribution in [0.3, 0.4) is 0 Å². The molecule has 3 rings (SSSR count). The molecule has 2 aromatic rings. The molecule has 1 aliphatic rings. The Morgan fingerprint density at radius 2 is 1.50 bits per heavy atom. The van der Waals surface area contributed by atoms with Crippen LogP contribution in [-0.4, -0.2) is 56.1 Å². The van der Waals surface area contributed by atoms with Gasteiger partial charge in [0.15, 0.2) is 0 Å². The summed E-state index contributed by atoms with van der Waals surface area (Å²) < 4.78 is 5.30. The van der Waals surface area contributed by atoms with E-state index in [4.69, 9.17) is 4.74 Å². The van der Waals surface area contributed by atoms with Crippen molar-refractivity contribution in [3.8, 4) is 0 Å². The molecule has 1 aliphatic heterocycles. The lowest BCUT2D eigenvalue weighted by Gasteiger charge is -2.26. The first kappa shape index (κ1) is 19.9. The maximum atomic E-state index is 12.0. The molecule has 0 spiro atoms. The predicted molar refractivity (Wildman–Crippen MR) is 110 cm³/mol. The normalized spacial score (nSPS) is 14.3. The lowest BCUT2D eigenvalue weighted by molar-refractivity contribution is -0.136. The van der Waals surface area contributed by atoms with Crippen LogP contribution in [0.25, 0.3) is 0 Å². The number of rotatable bonds is 7. The van der Waals surface area contributed by atoms with Crippen LogP contribution in [0.15, 0.2) is 54.6 Å². The minimum atomic E-state index is -0.657. The molecule has 0 radical (unpaired) electrons. The molecule has 0 saturated carbocycles. The van der Waals surface area contributed by atoms with Crippen molar-refractivity contribution in [1.29, 1.82) is 0 Å². The van der Waals surface area contributed by atoms with E-state index < -0.39 is 11.8 Å². The Hall–Kier alpha value is -2.90. The zero-order chi connectivity index (χ0) is 19.6. The highest BCUT2D eigenvalue weighted by atomic mass is 16.5. The number of ether oxygens (including phenoxy) is 1. The number of amides is 2. The zero-order valence-electron chi connectivity index (χ0n) is 15.8. The fourth-order valence-electron chi connectivity index (χ4n) is 2.92. The first-order chi connectivity index (χ1) is 13.7. The summed E-state index contributed by atoms with van der Waals surface area (Å²) in [6.45, 7) is 4.72. The second-order valence-corrected chi connectivity index (χ2v) is 6.59. The number of anilines is 3. The molecule has 2 amide bonds. The molecule has 1 fully saturated rings. The molecular weight excluding hydrogens is 356 g/mol. The highest BCUT2D eigenvalue weighted by Crippen LogP contribution is 2.18. The highest BCUT2D eigenvalue weighted by molar-refractivity contribution is 6.39. The first-order valence-electron chi connectivity index (χ1n) is 9.52. The third-order valence-electron chi connectivity index (χ3n) is 4.45. The number of benzene rings is 2. The van der Waals surface area contributed by atoms with Gasteiger partial charge in [-0.25, -0.2) is 0 Å². The van der Waals surface area contributed by atoms with Gasteiger partial charge in [0.1, 0.15) is 0 Å². The van der Waals surface area contributed by atoms with Crippen LogP contribution in [0.5, 0.6) is 0 Å². The second-order valence-electron chi connectivity index (χ2n) is 6.59. The van der Waals surface area contributed by atoms with Crippen molar-refractivity contribution in [1.82, 2.24) is 10.2 Å². The van der Waals surface area contributed by atoms with Crippen molar-refractivity contribution in [2.75, 3.05) is 50.0 Å². The highest BCUT2D eigenvalue weighted by Gasteiger charge is 2.14. The summed E-state index contributed by atoms with van der Waals surface area (Å²) in [4.78, 5) is 26.2. The van der Waals surface area contributed by atoms with Gasteiger partial charge < -0.3 is 20.7 Å². The summed E-state index contributed by atoms with van der Waals surface area (Å²) >= 11 is 0. The number of para-hydroxylation sites is 1. The maximum absolute atomic E-state index is 12.0. The van der Waals surface area contributed by atoms with Gasteiger partial charge in [-0.05, 0) is 49.4 Å². The lowest BCUT2D eigenvalue weighted by Crippen LogP contribution is -2.39. The minimum absolute atomic E-state index is 0.476. The van der Waals surface area contributed by atoms with Gasteiger partial charge in [0.25, 0.3) is 0 Å².